The Bertz CT molecular complexity index is 758. The molecule has 0 bridgehead atoms. The van der Waals surface area contributed by atoms with E-state index in [1.807, 2.05) is 0 Å². The van der Waals surface area contributed by atoms with Crippen molar-refractivity contribution in [3.63, 3.8) is 0 Å². The quantitative estimate of drug-likeness (QED) is 0.922. The van der Waals surface area contributed by atoms with E-state index >= 15 is 0 Å². The lowest BCUT2D eigenvalue weighted by molar-refractivity contribution is 0.122. The number of ether oxygens (including phenoxy) is 1. The summed E-state index contributed by atoms with van der Waals surface area (Å²) in [5, 5.41) is 0. The molecule has 1 aromatic carbocycles. The minimum Gasteiger partial charge on any atom is -0.378 e. The Kier molecular flexibility index (Phi) is 4.44. The van der Waals surface area contributed by atoms with E-state index in [-0.39, 0.29) is 4.90 Å². The molecular formula is C15H16FN3O3S. The molecule has 0 unspecified atom stereocenters. The van der Waals surface area contributed by atoms with Gasteiger partial charge in [0.2, 0.25) is 0 Å². The Morgan fingerprint density at radius 1 is 1.09 bits per heavy atom. The van der Waals surface area contributed by atoms with Crippen molar-refractivity contribution in [3.05, 3.63) is 48.4 Å². The summed E-state index contributed by atoms with van der Waals surface area (Å²) in [4.78, 5) is 6.35. The second-order valence-corrected chi connectivity index (χ2v) is 6.75. The number of rotatable bonds is 4. The number of nitrogens with one attached hydrogen (secondary N) is 1. The fourth-order valence-corrected chi connectivity index (χ4v) is 3.30. The first kappa shape index (κ1) is 15.7. The van der Waals surface area contributed by atoms with E-state index < -0.39 is 15.8 Å². The molecule has 1 fully saturated rings. The van der Waals surface area contributed by atoms with Crippen LogP contribution in [0.5, 0.6) is 0 Å². The summed E-state index contributed by atoms with van der Waals surface area (Å²) in [6.07, 6.45) is 1.46. The highest BCUT2D eigenvalue weighted by Crippen LogP contribution is 2.19. The molecule has 122 valence electrons. The number of anilines is 2. The summed E-state index contributed by atoms with van der Waals surface area (Å²) in [7, 11) is -3.76. The van der Waals surface area contributed by atoms with Crippen LogP contribution in [-0.2, 0) is 14.8 Å². The van der Waals surface area contributed by atoms with E-state index in [1.165, 1.54) is 18.3 Å². The van der Waals surface area contributed by atoms with Gasteiger partial charge in [-0.05, 0) is 36.4 Å². The molecule has 8 heteroatoms. The molecule has 0 atom stereocenters. The first-order chi connectivity index (χ1) is 11.0. The Labute approximate surface area is 134 Å². The monoisotopic (exact) mass is 337 g/mol. The second kappa shape index (κ2) is 6.51. The molecule has 1 aromatic heterocycles. The van der Waals surface area contributed by atoms with Gasteiger partial charge in [-0.25, -0.2) is 17.8 Å². The van der Waals surface area contributed by atoms with Crippen LogP contribution in [-0.4, -0.2) is 39.7 Å². The molecule has 2 aromatic rings. The zero-order valence-corrected chi connectivity index (χ0v) is 13.1. The van der Waals surface area contributed by atoms with Crippen molar-refractivity contribution in [2.75, 3.05) is 35.9 Å². The minimum atomic E-state index is -3.76. The summed E-state index contributed by atoms with van der Waals surface area (Å²) < 4.78 is 45.0. The van der Waals surface area contributed by atoms with E-state index in [4.69, 9.17) is 4.74 Å². The van der Waals surface area contributed by atoms with Gasteiger partial charge >= 0.3 is 0 Å². The first-order valence-electron chi connectivity index (χ1n) is 7.12. The molecule has 0 radical (unpaired) electrons. The van der Waals surface area contributed by atoms with E-state index in [0.717, 1.165) is 31.0 Å². The maximum absolute atomic E-state index is 12.9. The van der Waals surface area contributed by atoms with Gasteiger partial charge in [-0.1, -0.05) is 0 Å². The molecule has 0 amide bonds. The van der Waals surface area contributed by atoms with Crippen LogP contribution < -0.4 is 9.62 Å². The number of sulfonamides is 1. The Hall–Kier alpha value is -2.19. The molecule has 1 saturated heterocycles. The molecule has 3 rings (SSSR count). The number of nitrogens with zero attached hydrogens (tertiary/aromatic N) is 2. The van der Waals surface area contributed by atoms with Gasteiger partial charge in [0.1, 0.15) is 11.6 Å². The highest BCUT2D eigenvalue weighted by Gasteiger charge is 2.16. The fourth-order valence-electron chi connectivity index (χ4n) is 2.25. The highest BCUT2D eigenvalue weighted by atomic mass is 32.2. The summed E-state index contributed by atoms with van der Waals surface area (Å²) in [5.41, 5.74) is 0.353. The van der Waals surface area contributed by atoms with Gasteiger partial charge in [0.15, 0.2) is 0 Å². The molecule has 0 aliphatic carbocycles. The third kappa shape index (κ3) is 3.77. The standard InChI is InChI=1S/C15H16FN3O3S/c16-12-1-4-14(5-2-12)23(20,21)18-13-3-6-15(17-11-13)19-7-9-22-10-8-19/h1-6,11,18H,7-10H2. The van der Waals surface area contributed by atoms with Gasteiger partial charge in [-0.3, -0.25) is 4.72 Å². The van der Waals surface area contributed by atoms with Crippen molar-refractivity contribution in [2.24, 2.45) is 0 Å². The van der Waals surface area contributed by atoms with E-state index in [2.05, 4.69) is 14.6 Å². The summed E-state index contributed by atoms with van der Waals surface area (Å²) in [6.45, 7) is 2.82. The second-order valence-electron chi connectivity index (χ2n) is 5.06. The maximum Gasteiger partial charge on any atom is 0.261 e. The Morgan fingerprint density at radius 2 is 1.78 bits per heavy atom. The smallest absolute Gasteiger partial charge is 0.261 e. The predicted molar refractivity (Wildman–Crippen MR) is 84.5 cm³/mol. The van der Waals surface area contributed by atoms with Crippen LogP contribution >= 0.6 is 0 Å². The molecule has 6 nitrogen and oxygen atoms in total. The molecule has 0 spiro atoms. The molecule has 1 N–H and O–H groups in total. The van der Waals surface area contributed by atoms with Gasteiger partial charge in [-0.2, -0.15) is 0 Å². The van der Waals surface area contributed by atoms with Gasteiger partial charge in [0, 0.05) is 13.1 Å². The van der Waals surface area contributed by atoms with Crippen molar-refractivity contribution >= 4 is 21.5 Å². The third-order valence-electron chi connectivity index (χ3n) is 3.46. The first-order valence-corrected chi connectivity index (χ1v) is 8.60. The molecular weight excluding hydrogens is 321 g/mol. The summed E-state index contributed by atoms with van der Waals surface area (Å²) in [6, 6.07) is 8.05. The number of aromatic nitrogens is 1. The lowest BCUT2D eigenvalue weighted by atomic mass is 10.3. The number of pyridine rings is 1. The SMILES string of the molecule is O=S(=O)(Nc1ccc(N2CCOCC2)nc1)c1ccc(F)cc1. The maximum atomic E-state index is 12.9. The lowest BCUT2D eigenvalue weighted by Crippen LogP contribution is -2.36. The molecule has 2 heterocycles. The van der Waals surface area contributed by atoms with Crippen molar-refractivity contribution in [2.45, 2.75) is 4.90 Å². The zero-order chi connectivity index (χ0) is 16.3. The average molecular weight is 337 g/mol. The van der Waals surface area contributed by atoms with Crippen LogP contribution in [0.25, 0.3) is 0 Å². The van der Waals surface area contributed by atoms with E-state index in [0.29, 0.717) is 18.9 Å². The van der Waals surface area contributed by atoms with Crippen LogP contribution in [0.4, 0.5) is 15.9 Å². The Balaban J connectivity index is 1.73. The molecule has 0 saturated carbocycles. The number of hydrogen-bond donors (Lipinski definition) is 1. The minimum absolute atomic E-state index is 0.00356. The van der Waals surface area contributed by atoms with Crippen molar-refractivity contribution in [3.8, 4) is 0 Å². The zero-order valence-electron chi connectivity index (χ0n) is 12.3. The molecule has 1 aliphatic rings. The number of benzene rings is 1. The number of hydrogen-bond acceptors (Lipinski definition) is 5. The van der Waals surface area contributed by atoms with Crippen LogP contribution in [0, 0.1) is 5.82 Å². The highest BCUT2D eigenvalue weighted by molar-refractivity contribution is 7.92. The average Bonchev–Trinajstić information content (AvgIpc) is 2.56. The van der Waals surface area contributed by atoms with Crippen molar-refractivity contribution in [1.29, 1.82) is 0 Å². The largest absolute Gasteiger partial charge is 0.378 e. The fraction of sp³-hybridized carbons (Fsp3) is 0.267. The Morgan fingerprint density at radius 3 is 2.39 bits per heavy atom. The van der Waals surface area contributed by atoms with Gasteiger partial charge < -0.3 is 9.64 Å². The van der Waals surface area contributed by atoms with Crippen molar-refractivity contribution < 1.29 is 17.5 Å². The van der Waals surface area contributed by atoms with Gasteiger partial charge in [0.25, 0.3) is 10.0 Å². The third-order valence-corrected chi connectivity index (χ3v) is 4.86. The predicted octanol–water partition coefficient (Wildman–Crippen LogP) is 1.86. The molecule has 23 heavy (non-hydrogen) atoms. The van der Waals surface area contributed by atoms with Crippen LogP contribution in [0.2, 0.25) is 0 Å². The van der Waals surface area contributed by atoms with Crippen LogP contribution in [0.3, 0.4) is 0 Å². The normalized spacial score (nSPS) is 15.4. The lowest BCUT2D eigenvalue weighted by Gasteiger charge is -2.27. The summed E-state index contributed by atoms with van der Waals surface area (Å²) in [5.74, 6) is 0.290. The van der Waals surface area contributed by atoms with Gasteiger partial charge in [-0.15, -0.1) is 0 Å². The van der Waals surface area contributed by atoms with Crippen molar-refractivity contribution in [1.82, 2.24) is 4.98 Å². The van der Waals surface area contributed by atoms with Gasteiger partial charge in [0.05, 0.1) is 30.0 Å². The van der Waals surface area contributed by atoms with Crippen LogP contribution in [0.1, 0.15) is 0 Å². The van der Waals surface area contributed by atoms with E-state index in [1.54, 1.807) is 12.1 Å². The number of halogens is 1. The van der Waals surface area contributed by atoms with Crippen LogP contribution in [0.15, 0.2) is 47.5 Å². The number of morpholine rings is 1. The molecule has 1 aliphatic heterocycles. The summed E-state index contributed by atoms with van der Waals surface area (Å²) >= 11 is 0. The topological polar surface area (TPSA) is 71.5 Å². The van der Waals surface area contributed by atoms with E-state index in [9.17, 15) is 12.8 Å².